The summed E-state index contributed by atoms with van der Waals surface area (Å²) in [7, 11) is 0. The van der Waals surface area contributed by atoms with Gasteiger partial charge in [-0.15, -0.1) is 0 Å². The van der Waals surface area contributed by atoms with Crippen LogP contribution in [0.1, 0.15) is 24.5 Å². The molecule has 0 radical (unpaired) electrons. The Kier molecular flexibility index (Phi) is 5.09. The topological polar surface area (TPSA) is 49.4 Å². The number of carbonyl (C=O) groups is 2. The van der Waals surface area contributed by atoms with Crippen molar-refractivity contribution in [3.05, 3.63) is 58.6 Å². The number of anilines is 2. The van der Waals surface area contributed by atoms with Gasteiger partial charge in [-0.25, -0.2) is 0 Å². The van der Waals surface area contributed by atoms with Gasteiger partial charge in [0, 0.05) is 29.4 Å². The summed E-state index contributed by atoms with van der Waals surface area (Å²) < 4.78 is 0. The van der Waals surface area contributed by atoms with Crippen molar-refractivity contribution < 1.29 is 9.59 Å². The van der Waals surface area contributed by atoms with Gasteiger partial charge in [0.25, 0.3) is 0 Å². The Labute approximate surface area is 152 Å². The second-order valence-electron chi connectivity index (χ2n) is 6.29. The first kappa shape index (κ1) is 17.5. The molecule has 0 spiro atoms. The summed E-state index contributed by atoms with van der Waals surface area (Å²) in [5, 5.41) is 3.60. The molecule has 0 aromatic heterocycles. The van der Waals surface area contributed by atoms with E-state index in [1.807, 2.05) is 50.2 Å². The number of amides is 2. The third-order valence-electron chi connectivity index (χ3n) is 4.68. The summed E-state index contributed by atoms with van der Waals surface area (Å²) >= 11 is 6.16. The molecule has 4 nitrogen and oxygen atoms in total. The number of carbonyl (C=O) groups excluding carboxylic acids is 2. The van der Waals surface area contributed by atoms with Gasteiger partial charge in [-0.1, -0.05) is 42.8 Å². The van der Waals surface area contributed by atoms with Gasteiger partial charge in [0.2, 0.25) is 11.8 Å². The van der Waals surface area contributed by atoms with Crippen molar-refractivity contribution in [3.8, 4) is 0 Å². The standard InChI is InChI=1S/C20H21ClN2O2/c1-3-14-7-4-5-9-17(14)22-20(25)15-11-19(24)23(12-15)18-10-6-8-16(21)13(18)2/h4-10,15H,3,11-12H2,1-2H3,(H,22,25)/t15-/m0/s1. The number of benzene rings is 2. The third kappa shape index (κ3) is 3.54. The van der Waals surface area contributed by atoms with Crippen LogP contribution < -0.4 is 10.2 Å². The number of para-hydroxylation sites is 1. The predicted octanol–water partition coefficient (Wildman–Crippen LogP) is 4.20. The number of nitrogens with zero attached hydrogens (tertiary/aromatic N) is 1. The zero-order valence-corrected chi connectivity index (χ0v) is 15.1. The van der Waals surface area contributed by atoms with E-state index < -0.39 is 0 Å². The summed E-state index contributed by atoms with van der Waals surface area (Å²) in [5.74, 6) is -0.526. The highest BCUT2D eigenvalue weighted by atomic mass is 35.5. The van der Waals surface area contributed by atoms with Crippen molar-refractivity contribution in [2.24, 2.45) is 5.92 Å². The molecule has 1 N–H and O–H groups in total. The maximum absolute atomic E-state index is 12.6. The molecule has 2 aromatic carbocycles. The lowest BCUT2D eigenvalue weighted by Crippen LogP contribution is -2.28. The molecule has 0 saturated carbocycles. The molecular weight excluding hydrogens is 336 g/mol. The first-order chi connectivity index (χ1) is 12.0. The molecule has 1 fully saturated rings. The smallest absolute Gasteiger partial charge is 0.229 e. The molecule has 1 saturated heterocycles. The van der Waals surface area contributed by atoms with Crippen LogP contribution in [0.3, 0.4) is 0 Å². The minimum Gasteiger partial charge on any atom is -0.326 e. The fourth-order valence-electron chi connectivity index (χ4n) is 3.19. The Bertz CT molecular complexity index is 819. The van der Waals surface area contributed by atoms with Crippen molar-refractivity contribution >= 4 is 34.8 Å². The Morgan fingerprint density at radius 2 is 2.00 bits per heavy atom. The van der Waals surface area contributed by atoms with E-state index in [9.17, 15) is 9.59 Å². The highest BCUT2D eigenvalue weighted by Crippen LogP contribution is 2.32. The Morgan fingerprint density at radius 1 is 1.24 bits per heavy atom. The van der Waals surface area contributed by atoms with Crippen LogP contribution >= 0.6 is 11.6 Å². The van der Waals surface area contributed by atoms with Crippen LogP contribution in [0.4, 0.5) is 11.4 Å². The van der Waals surface area contributed by atoms with Crippen molar-refractivity contribution in [2.75, 3.05) is 16.8 Å². The number of halogens is 1. The molecule has 0 bridgehead atoms. The molecule has 1 aliphatic heterocycles. The molecular formula is C20H21ClN2O2. The maximum Gasteiger partial charge on any atom is 0.229 e. The molecule has 1 aliphatic rings. The molecule has 130 valence electrons. The maximum atomic E-state index is 12.6. The molecule has 1 heterocycles. The second-order valence-corrected chi connectivity index (χ2v) is 6.70. The van der Waals surface area contributed by atoms with E-state index in [2.05, 4.69) is 5.32 Å². The minimum absolute atomic E-state index is 0.0470. The van der Waals surface area contributed by atoms with Gasteiger partial charge in [0.05, 0.1) is 5.92 Å². The summed E-state index contributed by atoms with van der Waals surface area (Å²) in [5.41, 5.74) is 3.54. The highest BCUT2D eigenvalue weighted by Gasteiger charge is 2.36. The number of aryl methyl sites for hydroxylation is 1. The van der Waals surface area contributed by atoms with E-state index in [-0.39, 0.29) is 24.2 Å². The van der Waals surface area contributed by atoms with E-state index >= 15 is 0 Å². The van der Waals surface area contributed by atoms with E-state index in [1.54, 1.807) is 11.0 Å². The van der Waals surface area contributed by atoms with Crippen LogP contribution in [0.2, 0.25) is 5.02 Å². The predicted molar refractivity (Wildman–Crippen MR) is 101 cm³/mol. The Morgan fingerprint density at radius 3 is 2.76 bits per heavy atom. The van der Waals surface area contributed by atoms with Crippen molar-refractivity contribution in [3.63, 3.8) is 0 Å². The first-order valence-electron chi connectivity index (χ1n) is 8.45. The molecule has 3 rings (SSSR count). The minimum atomic E-state index is -0.365. The number of rotatable bonds is 4. The number of nitrogens with one attached hydrogen (secondary N) is 1. The third-order valence-corrected chi connectivity index (χ3v) is 5.09. The lowest BCUT2D eigenvalue weighted by atomic mass is 10.1. The summed E-state index contributed by atoms with van der Waals surface area (Å²) in [6.07, 6.45) is 1.06. The molecule has 1 atom stereocenters. The van der Waals surface area contributed by atoms with Crippen LogP contribution in [0.5, 0.6) is 0 Å². The van der Waals surface area contributed by atoms with Gasteiger partial charge >= 0.3 is 0 Å². The normalized spacial score (nSPS) is 17.0. The van der Waals surface area contributed by atoms with Gasteiger partial charge < -0.3 is 10.2 Å². The highest BCUT2D eigenvalue weighted by molar-refractivity contribution is 6.31. The molecule has 2 aromatic rings. The molecule has 0 unspecified atom stereocenters. The zero-order valence-electron chi connectivity index (χ0n) is 14.4. The summed E-state index contributed by atoms with van der Waals surface area (Å²) in [4.78, 5) is 26.7. The van der Waals surface area contributed by atoms with Crippen LogP contribution in [-0.4, -0.2) is 18.4 Å². The fraction of sp³-hybridized carbons (Fsp3) is 0.300. The molecule has 5 heteroatoms. The van der Waals surface area contributed by atoms with Gasteiger partial charge in [-0.05, 0) is 42.7 Å². The summed E-state index contributed by atoms with van der Waals surface area (Å²) in [6, 6.07) is 13.2. The van der Waals surface area contributed by atoms with Crippen LogP contribution in [-0.2, 0) is 16.0 Å². The van der Waals surface area contributed by atoms with E-state index in [0.717, 1.165) is 28.9 Å². The number of hydrogen-bond acceptors (Lipinski definition) is 2. The lowest BCUT2D eigenvalue weighted by molar-refractivity contribution is -0.122. The van der Waals surface area contributed by atoms with E-state index in [4.69, 9.17) is 11.6 Å². The Balaban J connectivity index is 1.76. The largest absolute Gasteiger partial charge is 0.326 e. The van der Waals surface area contributed by atoms with Gasteiger partial charge in [-0.3, -0.25) is 9.59 Å². The molecule has 0 aliphatic carbocycles. The first-order valence-corrected chi connectivity index (χ1v) is 8.83. The van der Waals surface area contributed by atoms with E-state index in [1.165, 1.54) is 0 Å². The van der Waals surface area contributed by atoms with Crippen LogP contribution in [0.25, 0.3) is 0 Å². The van der Waals surface area contributed by atoms with Gasteiger partial charge in [0.1, 0.15) is 0 Å². The monoisotopic (exact) mass is 356 g/mol. The molecule has 25 heavy (non-hydrogen) atoms. The fourth-order valence-corrected chi connectivity index (χ4v) is 3.36. The van der Waals surface area contributed by atoms with Crippen molar-refractivity contribution in [1.82, 2.24) is 0 Å². The average Bonchev–Trinajstić information content (AvgIpc) is 2.99. The average molecular weight is 357 g/mol. The van der Waals surface area contributed by atoms with Crippen LogP contribution in [0, 0.1) is 12.8 Å². The zero-order chi connectivity index (χ0) is 18.0. The van der Waals surface area contributed by atoms with Crippen molar-refractivity contribution in [2.45, 2.75) is 26.7 Å². The quantitative estimate of drug-likeness (QED) is 0.892. The number of hydrogen-bond donors (Lipinski definition) is 1. The Hall–Kier alpha value is -2.33. The second kappa shape index (κ2) is 7.28. The van der Waals surface area contributed by atoms with Crippen molar-refractivity contribution in [1.29, 1.82) is 0 Å². The lowest BCUT2D eigenvalue weighted by Gasteiger charge is -2.20. The van der Waals surface area contributed by atoms with Gasteiger partial charge in [0.15, 0.2) is 0 Å². The summed E-state index contributed by atoms with van der Waals surface area (Å²) in [6.45, 7) is 4.31. The SMILES string of the molecule is CCc1ccccc1NC(=O)[C@H]1CC(=O)N(c2cccc(Cl)c2C)C1. The van der Waals surface area contributed by atoms with Gasteiger partial charge in [-0.2, -0.15) is 0 Å². The van der Waals surface area contributed by atoms with E-state index in [0.29, 0.717) is 11.6 Å². The van der Waals surface area contributed by atoms with Crippen LogP contribution in [0.15, 0.2) is 42.5 Å². The molecule has 2 amide bonds.